The molecule has 0 aliphatic carbocycles. The second kappa shape index (κ2) is 7.42. The monoisotopic (exact) mass is 281 g/mol. The smallest absolute Gasteiger partial charge is 0.310 e. The maximum Gasteiger partial charge on any atom is 0.310 e. The molecule has 2 N–H and O–H groups in total. The van der Waals surface area contributed by atoms with Gasteiger partial charge in [-0.2, -0.15) is 0 Å². The number of hydrogen-bond donors (Lipinski definition) is 2. The molecule has 7 nitrogen and oxygen atoms in total. The number of carboxylic acid groups (broad SMARTS) is 1. The normalized spacial score (nSPS) is 13.5. The minimum atomic E-state index is -0.796. The van der Waals surface area contributed by atoms with Gasteiger partial charge in [-0.25, -0.2) is 0 Å². The van der Waals surface area contributed by atoms with Crippen LogP contribution in [0.1, 0.15) is 33.1 Å². The van der Waals surface area contributed by atoms with Crippen molar-refractivity contribution in [3.05, 3.63) is 28.6 Å². The molecule has 20 heavy (non-hydrogen) atoms. The first-order chi connectivity index (χ1) is 9.41. The molecule has 2 atom stereocenters. The van der Waals surface area contributed by atoms with E-state index in [1.54, 1.807) is 13.0 Å². The summed E-state index contributed by atoms with van der Waals surface area (Å²) in [4.78, 5) is 24.8. The van der Waals surface area contributed by atoms with Gasteiger partial charge in [0.2, 0.25) is 0 Å². The van der Waals surface area contributed by atoms with Crippen LogP contribution in [0.3, 0.4) is 0 Å². The van der Waals surface area contributed by atoms with E-state index in [1.807, 2.05) is 6.92 Å². The second-order valence-electron chi connectivity index (χ2n) is 4.87. The summed E-state index contributed by atoms with van der Waals surface area (Å²) in [6.45, 7) is 3.59. The lowest BCUT2D eigenvalue weighted by Gasteiger charge is -2.15. The van der Waals surface area contributed by atoms with E-state index in [4.69, 9.17) is 5.11 Å². The Balaban J connectivity index is 2.49. The van der Waals surface area contributed by atoms with Crippen molar-refractivity contribution in [1.29, 1.82) is 0 Å². The molecule has 0 radical (unpaired) electrons. The molecule has 0 aromatic carbocycles. The number of nitro groups is 1. The molecular formula is C13H19N3O4. The van der Waals surface area contributed by atoms with E-state index in [0.717, 1.165) is 12.8 Å². The number of rotatable bonds is 8. The first-order valence-corrected chi connectivity index (χ1v) is 6.49. The van der Waals surface area contributed by atoms with Gasteiger partial charge in [-0.1, -0.05) is 13.3 Å². The summed E-state index contributed by atoms with van der Waals surface area (Å²) in [5.74, 6) is -1.16. The van der Waals surface area contributed by atoms with Gasteiger partial charge in [-0.05, 0) is 25.8 Å². The second-order valence-corrected chi connectivity index (χ2v) is 4.87. The highest BCUT2D eigenvalue weighted by Gasteiger charge is 2.16. The number of nitrogens with one attached hydrogen (secondary N) is 1. The SMILES string of the molecule is CC(CCCC(C)C(=O)O)Nc1ccncc1[N+](=O)[O-]. The zero-order valence-corrected chi connectivity index (χ0v) is 11.6. The molecular weight excluding hydrogens is 262 g/mol. The van der Waals surface area contributed by atoms with Gasteiger partial charge in [0.25, 0.3) is 0 Å². The number of pyridine rings is 1. The molecule has 1 aromatic rings. The Morgan fingerprint density at radius 2 is 2.20 bits per heavy atom. The van der Waals surface area contributed by atoms with E-state index in [2.05, 4.69) is 10.3 Å². The Labute approximate surface area is 117 Å². The summed E-state index contributed by atoms with van der Waals surface area (Å²) in [6, 6.07) is 1.59. The third-order valence-electron chi connectivity index (χ3n) is 3.09. The Bertz CT molecular complexity index is 478. The molecule has 1 heterocycles. The minimum absolute atomic E-state index is 0.0251. The van der Waals surface area contributed by atoms with Crippen molar-refractivity contribution in [2.45, 2.75) is 39.2 Å². The Morgan fingerprint density at radius 3 is 2.80 bits per heavy atom. The van der Waals surface area contributed by atoms with Gasteiger partial charge in [-0.15, -0.1) is 0 Å². The van der Waals surface area contributed by atoms with Crippen LogP contribution in [-0.2, 0) is 4.79 Å². The molecule has 0 spiro atoms. The van der Waals surface area contributed by atoms with Crippen molar-refractivity contribution in [3.63, 3.8) is 0 Å². The van der Waals surface area contributed by atoms with E-state index in [0.29, 0.717) is 12.1 Å². The summed E-state index contributed by atoms with van der Waals surface area (Å²) < 4.78 is 0. The summed E-state index contributed by atoms with van der Waals surface area (Å²) in [5, 5.41) is 22.7. The zero-order valence-electron chi connectivity index (χ0n) is 11.6. The lowest BCUT2D eigenvalue weighted by atomic mass is 10.0. The van der Waals surface area contributed by atoms with Gasteiger partial charge in [0.05, 0.1) is 10.8 Å². The molecule has 0 bridgehead atoms. The molecule has 0 aliphatic heterocycles. The largest absolute Gasteiger partial charge is 0.481 e. The molecule has 0 amide bonds. The Hall–Kier alpha value is -2.18. The number of aliphatic carboxylic acids is 1. The van der Waals surface area contributed by atoms with Crippen LogP contribution in [0.15, 0.2) is 18.5 Å². The van der Waals surface area contributed by atoms with Crippen LogP contribution in [0, 0.1) is 16.0 Å². The van der Waals surface area contributed by atoms with Crippen molar-refractivity contribution >= 4 is 17.3 Å². The average molecular weight is 281 g/mol. The molecule has 1 rings (SSSR count). The third kappa shape index (κ3) is 4.83. The quantitative estimate of drug-likeness (QED) is 0.560. The van der Waals surface area contributed by atoms with Crippen molar-refractivity contribution in [2.24, 2.45) is 5.92 Å². The molecule has 7 heteroatoms. The average Bonchev–Trinajstić information content (AvgIpc) is 2.38. The lowest BCUT2D eigenvalue weighted by Crippen LogP contribution is -2.17. The fourth-order valence-electron chi connectivity index (χ4n) is 1.84. The van der Waals surface area contributed by atoms with Crippen LogP contribution in [0.4, 0.5) is 11.4 Å². The van der Waals surface area contributed by atoms with Gasteiger partial charge in [-0.3, -0.25) is 19.9 Å². The lowest BCUT2D eigenvalue weighted by molar-refractivity contribution is -0.384. The molecule has 1 aromatic heterocycles. The maximum atomic E-state index is 10.8. The van der Waals surface area contributed by atoms with E-state index in [1.165, 1.54) is 12.4 Å². The molecule has 0 fully saturated rings. The molecule has 0 saturated carbocycles. The summed E-state index contributed by atoms with van der Waals surface area (Å²) >= 11 is 0. The predicted molar refractivity (Wildman–Crippen MR) is 74.6 cm³/mol. The zero-order chi connectivity index (χ0) is 15.1. The minimum Gasteiger partial charge on any atom is -0.481 e. The number of carboxylic acids is 1. The van der Waals surface area contributed by atoms with E-state index in [-0.39, 0.29) is 17.6 Å². The first kappa shape index (κ1) is 15.9. The first-order valence-electron chi connectivity index (χ1n) is 6.49. The highest BCUT2D eigenvalue weighted by molar-refractivity contribution is 5.69. The molecule has 0 aliphatic rings. The summed E-state index contributed by atoms with van der Waals surface area (Å²) in [7, 11) is 0. The van der Waals surface area contributed by atoms with Gasteiger partial charge < -0.3 is 10.4 Å². The fourth-order valence-corrected chi connectivity index (χ4v) is 1.84. The van der Waals surface area contributed by atoms with Crippen molar-refractivity contribution in [3.8, 4) is 0 Å². The maximum absolute atomic E-state index is 10.8. The third-order valence-corrected chi connectivity index (χ3v) is 3.09. The molecule has 0 saturated heterocycles. The van der Waals surface area contributed by atoms with Crippen LogP contribution < -0.4 is 5.32 Å². The van der Waals surface area contributed by atoms with Crippen LogP contribution in [0.5, 0.6) is 0 Å². The Morgan fingerprint density at radius 1 is 1.50 bits per heavy atom. The van der Waals surface area contributed by atoms with Gasteiger partial charge in [0.1, 0.15) is 11.9 Å². The number of hydrogen-bond acceptors (Lipinski definition) is 5. The number of anilines is 1. The van der Waals surface area contributed by atoms with Crippen LogP contribution in [0.2, 0.25) is 0 Å². The predicted octanol–water partition coefficient (Wildman–Crippen LogP) is 2.68. The number of aromatic nitrogens is 1. The highest BCUT2D eigenvalue weighted by atomic mass is 16.6. The van der Waals surface area contributed by atoms with E-state index in [9.17, 15) is 14.9 Å². The van der Waals surface area contributed by atoms with Gasteiger partial charge >= 0.3 is 11.7 Å². The van der Waals surface area contributed by atoms with Crippen molar-refractivity contribution in [2.75, 3.05) is 5.32 Å². The summed E-state index contributed by atoms with van der Waals surface area (Å²) in [6.07, 6.45) is 4.80. The van der Waals surface area contributed by atoms with Crippen LogP contribution in [0.25, 0.3) is 0 Å². The summed E-state index contributed by atoms with van der Waals surface area (Å²) in [5.41, 5.74) is 0.377. The highest BCUT2D eigenvalue weighted by Crippen LogP contribution is 2.23. The van der Waals surface area contributed by atoms with Gasteiger partial charge in [0, 0.05) is 12.2 Å². The molecule has 2 unspecified atom stereocenters. The fraction of sp³-hybridized carbons (Fsp3) is 0.538. The van der Waals surface area contributed by atoms with Gasteiger partial charge in [0.15, 0.2) is 0 Å². The van der Waals surface area contributed by atoms with E-state index < -0.39 is 10.9 Å². The van der Waals surface area contributed by atoms with Crippen molar-refractivity contribution in [1.82, 2.24) is 4.98 Å². The van der Waals surface area contributed by atoms with Crippen LogP contribution in [-0.4, -0.2) is 27.0 Å². The standard InChI is InChI=1S/C13H19N3O4/c1-9(13(17)18)4-3-5-10(2)15-11-6-7-14-8-12(11)16(19)20/h6-10H,3-5H2,1-2H3,(H,14,15)(H,17,18). The number of carbonyl (C=O) groups is 1. The molecule has 110 valence electrons. The topological polar surface area (TPSA) is 105 Å². The number of nitrogens with zero attached hydrogens (tertiary/aromatic N) is 2. The van der Waals surface area contributed by atoms with Crippen LogP contribution >= 0.6 is 0 Å². The van der Waals surface area contributed by atoms with Crippen molar-refractivity contribution < 1.29 is 14.8 Å². The Kier molecular flexibility index (Phi) is 5.89. The van der Waals surface area contributed by atoms with E-state index >= 15 is 0 Å².